The first-order valence-electron chi connectivity index (χ1n) is 13.8. The summed E-state index contributed by atoms with van der Waals surface area (Å²) in [6, 6.07) is 24.2. The van der Waals surface area contributed by atoms with Gasteiger partial charge >= 0.3 is 6.09 Å². The number of alkyl carbamates (subject to hydrolysis) is 1. The van der Waals surface area contributed by atoms with E-state index in [9.17, 15) is 4.79 Å². The Hall–Kier alpha value is -4.72. The molecule has 8 nitrogen and oxygen atoms in total. The number of fused-ring (bicyclic) bond motifs is 1. The Kier molecular flexibility index (Phi) is 6.69. The van der Waals surface area contributed by atoms with E-state index in [0.717, 1.165) is 58.5 Å². The summed E-state index contributed by atoms with van der Waals surface area (Å²) in [5.41, 5.74) is 6.17. The van der Waals surface area contributed by atoms with Crippen molar-refractivity contribution in [3.63, 3.8) is 0 Å². The summed E-state index contributed by atoms with van der Waals surface area (Å²) in [5, 5.41) is 7.94. The zero-order valence-electron chi connectivity index (χ0n) is 23.7. The second-order valence-corrected chi connectivity index (χ2v) is 11.4. The van der Waals surface area contributed by atoms with E-state index in [-0.39, 0.29) is 0 Å². The molecular formula is C33H33N5O3. The lowest BCUT2D eigenvalue weighted by Gasteiger charge is -2.43. The maximum absolute atomic E-state index is 12.7. The van der Waals surface area contributed by atoms with E-state index in [1.165, 1.54) is 0 Å². The fourth-order valence-corrected chi connectivity index (χ4v) is 5.35. The number of benzene rings is 2. The van der Waals surface area contributed by atoms with Gasteiger partial charge in [-0.05, 0) is 51.7 Å². The molecule has 5 aromatic rings. The summed E-state index contributed by atoms with van der Waals surface area (Å²) < 4.78 is 13.0. The van der Waals surface area contributed by atoms with Gasteiger partial charge in [-0.15, -0.1) is 5.10 Å². The number of carbonyl (C=O) groups is 1. The van der Waals surface area contributed by atoms with Crippen LogP contribution >= 0.6 is 0 Å². The molecule has 8 heteroatoms. The molecule has 41 heavy (non-hydrogen) atoms. The van der Waals surface area contributed by atoms with Gasteiger partial charge in [0, 0.05) is 40.7 Å². The van der Waals surface area contributed by atoms with Crippen LogP contribution in [0, 0.1) is 0 Å². The lowest BCUT2D eigenvalue weighted by Crippen LogP contribution is -2.52. The monoisotopic (exact) mass is 547 g/mol. The highest BCUT2D eigenvalue weighted by molar-refractivity contribution is 5.87. The van der Waals surface area contributed by atoms with E-state index in [4.69, 9.17) is 19.6 Å². The zero-order chi connectivity index (χ0) is 28.6. The lowest BCUT2D eigenvalue weighted by atomic mass is 9.71. The molecule has 0 bridgehead atoms. The molecule has 0 atom stereocenters. The predicted molar refractivity (Wildman–Crippen MR) is 159 cm³/mol. The molecule has 0 radical (unpaired) electrons. The molecule has 3 aromatic heterocycles. The Morgan fingerprint density at radius 2 is 1.68 bits per heavy atom. The van der Waals surface area contributed by atoms with Crippen LogP contribution in [0.5, 0.6) is 5.88 Å². The first-order chi connectivity index (χ1) is 19.8. The highest BCUT2D eigenvalue weighted by Gasteiger charge is 2.41. The second-order valence-electron chi connectivity index (χ2n) is 11.4. The number of methoxy groups -OCH3 is 1. The number of nitrogens with zero attached hydrogens (tertiary/aromatic N) is 4. The highest BCUT2D eigenvalue weighted by Crippen LogP contribution is 2.43. The minimum absolute atomic E-state index is 0.393. The Balaban J connectivity index is 1.46. The van der Waals surface area contributed by atoms with E-state index in [1.54, 1.807) is 13.3 Å². The number of carbonyl (C=O) groups excluding carboxylic acids is 1. The number of hydrogen-bond acceptors (Lipinski definition) is 6. The van der Waals surface area contributed by atoms with Crippen molar-refractivity contribution in [1.29, 1.82) is 0 Å². The van der Waals surface area contributed by atoms with Crippen LogP contribution in [0.15, 0.2) is 85.2 Å². The quantitative estimate of drug-likeness (QED) is 0.245. The molecule has 6 rings (SSSR count). The molecule has 1 N–H and O–H groups in total. The van der Waals surface area contributed by atoms with Crippen LogP contribution in [0.4, 0.5) is 4.79 Å². The van der Waals surface area contributed by atoms with Crippen LogP contribution in [0.2, 0.25) is 0 Å². The molecule has 3 heterocycles. The molecule has 1 fully saturated rings. The molecule has 1 amide bonds. The van der Waals surface area contributed by atoms with E-state index in [1.807, 2.05) is 67.9 Å². The smallest absolute Gasteiger partial charge is 0.408 e. The van der Waals surface area contributed by atoms with Crippen molar-refractivity contribution in [1.82, 2.24) is 24.9 Å². The lowest BCUT2D eigenvalue weighted by molar-refractivity contribution is 0.0377. The maximum atomic E-state index is 12.7. The number of aromatic nitrogens is 4. The maximum Gasteiger partial charge on any atom is 0.408 e. The number of hydrogen-bond donors (Lipinski definition) is 1. The van der Waals surface area contributed by atoms with Gasteiger partial charge in [0.25, 0.3) is 0 Å². The molecule has 0 unspecified atom stereocenters. The average molecular weight is 548 g/mol. The SMILES string of the molecule is COc1cc(-c2cccnc2)c2nc(-c3ccc(C4(NC(=O)OC(C)(C)C)CCC4)cc3)c(-c3ccccc3)n2n1. The normalized spacial score (nSPS) is 14.3. The van der Waals surface area contributed by atoms with Crippen molar-refractivity contribution >= 4 is 11.7 Å². The van der Waals surface area contributed by atoms with Crippen molar-refractivity contribution in [2.24, 2.45) is 0 Å². The van der Waals surface area contributed by atoms with Crippen molar-refractivity contribution in [3.05, 3.63) is 90.8 Å². The fraction of sp³-hybridized carbons (Fsp3) is 0.273. The Bertz CT molecular complexity index is 1690. The standard InChI is InChI=1S/C33H33N5O3/c1-32(2,3)41-31(39)36-33(17-9-18-33)25-15-13-22(14-16-25)28-29(23-10-6-5-7-11-23)38-30(35-28)26(20-27(37-38)40-4)24-12-8-19-34-21-24/h5-8,10-16,19-21H,9,17-18H2,1-4H3,(H,36,39). The topological polar surface area (TPSA) is 90.6 Å². The molecular weight excluding hydrogens is 514 g/mol. The molecule has 0 saturated heterocycles. The minimum atomic E-state index is -0.554. The van der Waals surface area contributed by atoms with Crippen LogP contribution in [0.3, 0.4) is 0 Å². The number of nitrogens with one attached hydrogen (secondary N) is 1. The summed E-state index contributed by atoms with van der Waals surface area (Å²) >= 11 is 0. The summed E-state index contributed by atoms with van der Waals surface area (Å²) in [4.78, 5) is 22.1. The van der Waals surface area contributed by atoms with Crippen LogP contribution < -0.4 is 10.1 Å². The number of amides is 1. The molecule has 2 aromatic carbocycles. The summed E-state index contributed by atoms with van der Waals surface area (Å²) in [6.45, 7) is 5.62. The van der Waals surface area contributed by atoms with Gasteiger partial charge in [0.05, 0.1) is 18.3 Å². The third-order valence-electron chi connectivity index (χ3n) is 7.45. The zero-order valence-corrected chi connectivity index (χ0v) is 23.7. The van der Waals surface area contributed by atoms with Gasteiger partial charge in [0.15, 0.2) is 5.65 Å². The molecule has 1 aliphatic carbocycles. The largest absolute Gasteiger partial charge is 0.480 e. The van der Waals surface area contributed by atoms with E-state index in [0.29, 0.717) is 11.5 Å². The van der Waals surface area contributed by atoms with Gasteiger partial charge in [-0.2, -0.15) is 0 Å². The van der Waals surface area contributed by atoms with Crippen molar-refractivity contribution < 1.29 is 14.3 Å². The summed E-state index contributed by atoms with van der Waals surface area (Å²) in [6.07, 6.45) is 5.96. The van der Waals surface area contributed by atoms with E-state index >= 15 is 0 Å². The van der Waals surface area contributed by atoms with Gasteiger partial charge in [-0.25, -0.2) is 14.3 Å². The Labute approximate surface area is 239 Å². The van der Waals surface area contributed by atoms with Crippen molar-refractivity contribution in [3.8, 4) is 39.5 Å². The van der Waals surface area contributed by atoms with Crippen LogP contribution in [-0.2, 0) is 10.3 Å². The second kappa shape index (κ2) is 10.4. The van der Waals surface area contributed by atoms with Crippen LogP contribution in [0.25, 0.3) is 39.3 Å². The number of imidazole rings is 1. The summed E-state index contributed by atoms with van der Waals surface area (Å²) in [7, 11) is 1.61. The van der Waals surface area contributed by atoms with Gasteiger partial charge in [-0.1, -0.05) is 60.7 Å². The predicted octanol–water partition coefficient (Wildman–Crippen LogP) is 7.04. The van der Waals surface area contributed by atoms with Gasteiger partial charge in [0.2, 0.25) is 5.88 Å². The number of pyridine rings is 1. The van der Waals surface area contributed by atoms with Gasteiger partial charge < -0.3 is 14.8 Å². The molecule has 1 saturated carbocycles. The minimum Gasteiger partial charge on any atom is -0.480 e. The van der Waals surface area contributed by atoms with E-state index < -0.39 is 17.2 Å². The number of rotatable bonds is 6. The fourth-order valence-electron chi connectivity index (χ4n) is 5.35. The average Bonchev–Trinajstić information content (AvgIpc) is 3.34. The van der Waals surface area contributed by atoms with Crippen LogP contribution in [-0.4, -0.2) is 38.4 Å². The summed E-state index contributed by atoms with van der Waals surface area (Å²) in [5.74, 6) is 0.480. The Morgan fingerprint density at radius 1 is 0.951 bits per heavy atom. The van der Waals surface area contributed by atoms with Crippen molar-refractivity contribution in [2.75, 3.05) is 7.11 Å². The first kappa shape index (κ1) is 26.5. The van der Waals surface area contributed by atoms with Gasteiger partial charge in [0.1, 0.15) is 11.3 Å². The molecule has 0 spiro atoms. The van der Waals surface area contributed by atoms with Crippen LogP contribution in [0.1, 0.15) is 45.6 Å². The highest BCUT2D eigenvalue weighted by atomic mass is 16.6. The van der Waals surface area contributed by atoms with Gasteiger partial charge in [-0.3, -0.25) is 4.98 Å². The number of ether oxygens (including phenoxy) is 2. The molecule has 208 valence electrons. The molecule has 1 aliphatic rings. The van der Waals surface area contributed by atoms with Crippen molar-refractivity contribution in [2.45, 2.75) is 51.2 Å². The third kappa shape index (κ3) is 5.13. The third-order valence-corrected chi connectivity index (χ3v) is 7.45. The van der Waals surface area contributed by atoms with E-state index in [2.05, 4.69) is 46.7 Å². The Morgan fingerprint density at radius 3 is 2.29 bits per heavy atom. The first-order valence-corrected chi connectivity index (χ1v) is 13.8. The molecule has 0 aliphatic heterocycles.